The van der Waals surface area contributed by atoms with E-state index in [-0.39, 0.29) is 5.91 Å². The van der Waals surface area contributed by atoms with Gasteiger partial charge in [-0.1, -0.05) is 29.8 Å². The molecule has 0 saturated heterocycles. The minimum atomic E-state index is -0.126. The highest BCUT2D eigenvalue weighted by molar-refractivity contribution is 7.20. The highest BCUT2D eigenvalue weighted by Gasteiger charge is 2.11. The Morgan fingerprint density at radius 3 is 2.80 bits per heavy atom. The number of hydrogen-bond acceptors (Lipinski definition) is 3. The van der Waals surface area contributed by atoms with Gasteiger partial charge in [0.15, 0.2) is 0 Å². The Morgan fingerprint density at radius 1 is 1.25 bits per heavy atom. The van der Waals surface area contributed by atoms with E-state index in [1.54, 1.807) is 12.1 Å². The number of carbonyl (C=O) groups excluding carboxylic acids is 1. The van der Waals surface area contributed by atoms with Crippen LogP contribution >= 0.6 is 22.9 Å². The van der Waals surface area contributed by atoms with Gasteiger partial charge in [0, 0.05) is 4.70 Å². The number of nitrogens with zero attached hydrogens (tertiary/aromatic N) is 1. The van der Waals surface area contributed by atoms with E-state index < -0.39 is 0 Å². The third-order valence-electron chi connectivity index (χ3n) is 2.95. The molecule has 0 fully saturated rings. The Bertz CT molecular complexity index is 764. The topological polar surface area (TPSA) is 42.0 Å². The Labute approximate surface area is 125 Å². The second kappa shape index (κ2) is 5.23. The van der Waals surface area contributed by atoms with Crippen LogP contribution in [-0.2, 0) is 0 Å². The van der Waals surface area contributed by atoms with E-state index in [2.05, 4.69) is 10.3 Å². The molecule has 2 aromatic heterocycles. The zero-order valence-corrected chi connectivity index (χ0v) is 12.3. The van der Waals surface area contributed by atoms with Gasteiger partial charge in [-0.3, -0.25) is 4.79 Å². The normalized spacial score (nSPS) is 10.7. The Morgan fingerprint density at radius 2 is 2.05 bits per heavy atom. The first-order valence-electron chi connectivity index (χ1n) is 6.06. The van der Waals surface area contributed by atoms with Crippen LogP contribution in [0.3, 0.4) is 0 Å². The van der Waals surface area contributed by atoms with Crippen LogP contribution in [0.5, 0.6) is 0 Å². The number of thiophene rings is 1. The fourth-order valence-electron chi connectivity index (χ4n) is 1.94. The molecular weight excluding hydrogens is 292 g/mol. The number of amides is 1. The molecule has 100 valence electrons. The van der Waals surface area contributed by atoms with Crippen molar-refractivity contribution in [2.24, 2.45) is 0 Å². The fourth-order valence-corrected chi connectivity index (χ4v) is 3.09. The summed E-state index contributed by atoms with van der Waals surface area (Å²) in [5.41, 5.74) is 1.38. The van der Waals surface area contributed by atoms with E-state index in [9.17, 15) is 4.79 Å². The molecule has 0 atom stereocenters. The van der Waals surface area contributed by atoms with Crippen molar-refractivity contribution >= 4 is 44.6 Å². The van der Waals surface area contributed by atoms with Crippen molar-refractivity contribution in [3.8, 4) is 0 Å². The van der Waals surface area contributed by atoms with Gasteiger partial charge in [-0.15, -0.1) is 11.3 Å². The van der Waals surface area contributed by atoms with Crippen molar-refractivity contribution in [2.45, 2.75) is 6.92 Å². The van der Waals surface area contributed by atoms with Crippen molar-refractivity contribution < 1.29 is 4.79 Å². The minimum Gasteiger partial charge on any atom is -0.320 e. The summed E-state index contributed by atoms with van der Waals surface area (Å²) in [6, 6.07) is 13.3. The van der Waals surface area contributed by atoms with Crippen molar-refractivity contribution in [1.82, 2.24) is 4.98 Å². The van der Waals surface area contributed by atoms with Crippen LogP contribution in [0.2, 0.25) is 5.15 Å². The maximum atomic E-state index is 12.3. The lowest BCUT2D eigenvalue weighted by molar-refractivity contribution is 0.103. The number of aromatic nitrogens is 1. The van der Waals surface area contributed by atoms with Gasteiger partial charge in [-0.2, -0.15) is 0 Å². The summed E-state index contributed by atoms with van der Waals surface area (Å²) in [4.78, 5) is 17.1. The van der Waals surface area contributed by atoms with Crippen LogP contribution in [0.15, 0.2) is 42.5 Å². The van der Waals surface area contributed by atoms with Crippen LogP contribution in [0, 0.1) is 6.92 Å². The fraction of sp³-hybridized carbons (Fsp3) is 0.0667. The molecule has 3 aromatic rings. The van der Waals surface area contributed by atoms with Crippen LogP contribution in [0.25, 0.3) is 10.1 Å². The van der Waals surface area contributed by atoms with Gasteiger partial charge in [-0.05, 0) is 36.6 Å². The van der Waals surface area contributed by atoms with E-state index in [4.69, 9.17) is 11.6 Å². The predicted molar refractivity (Wildman–Crippen MR) is 83.8 cm³/mol. The number of rotatable bonds is 2. The monoisotopic (exact) mass is 302 g/mol. The first-order chi connectivity index (χ1) is 9.63. The number of fused-ring (bicyclic) bond motifs is 1. The van der Waals surface area contributed by atoms with Crippen LogP contribution in [0.4, 0.5) is 5.69 Å². The summed E-state index contributed by atoms with van der Waals surface area (Å²) >= 11 is 7.28. The van der Waals surface area contributed by atoms with Gasteiger partial charge in [0.2, 0.25) is 0 Å². The lowest BCUT2D eigenvalue weighted by Gasteiger charge is -2.06. The Kier molecular flexibility index (Phi) is 3.42. The molecule has 1 N–H and O–H groups in total. The highest BCUT2D eigenvalue weighted by atomic mass is 35.5. The largest absolute Gasteiger partial charge is 0.320 e. The smallest absolute Gasteiger partial charge is 0.265 e. The maximum absolute atomic E-state index is 12.3. The van der Waals surface area contributed by atoms with Crippen LogP contribution in [0.1, 0.15) is 15.4 Å². The summed E-state index contributed by atoms with van der Waals surface area (Å²) < 4.78 is 1.10. The molecule has 3 rings (SSSR count). The number of hydrogen-bond donors (Lipinski definition) is 1. The SMILES string of the molecule is Cc1nc(Cl)ccc1NC(=O)c1cc2ccccc2s1. The molecular formula is C15H11ClN2OS. The van der Waals surface area contributed by atoms with Crippen LogP contribution < -0.4 is 5.32 Å². The molecule has 1 aromatic carbocycles. The van der Waals surface area contributed by atoms with E-state index in [0.717, 1.165) is 10.1 Å². The van der Waals surface area contributed by atoms with Gasteiger partial charge >= 0.3 is 0 Å². The average molecular weight is 303 g/mol. The summed E-state index contributed by atoms with van der Waals surface area (Å²) in [5.74, 6) is -0.126. The molecule has 0 saturated carbocycles. The lowest BCUT2D eigenvalue weighted by Crippen LogP contribution is -2.11. The molecule has 0 aliphatic heterocycles. The number of benzene rings is 1. The molecule has 5 heteroatoms. The zero-order chi connectivity index (χ0) is 14.1. The molecule has 0 aliphatic carbocycles. The predicted octanol–water partition coefficient (Wildman–Crippen LogP) is 4.51. The van der Waals surface area contributed by atoms with Gasteiger partial charge in [0.25, 0.3) is 5.91 Å². The number of carbonyl (C=O) groups is 1. The van der Waals surface area contributed by atoms with Crippen molar-refractivity contribution in [1.29, 1.82) is 0 Å². The molecule has 2 heterocycles. The van der Waals surface area contributed by atoms with Gasteiger partial charge < -0.3 is 5.32 Å². The summed E-state index contributed by atoms with van der Waals surface area (Å²) in [5, 5.41) is 4.36. The molecule has 0 spiro atoms. The molecule has 3 nitrogen and oxygen atoms in total. The third kappa shape index (κ3) is 2.53. The number of anilines is 1. The van der Waals surface area contributed by atoms with E-state index >= 15 is 0 Å². The maximum Gasteiger partial charge on any atom is 0.265 e. The van der Waals surface area contributed by atoms with E-state index in [1.165, 1.54) is 11.3 Å². The number of nitrogens with one attached hydrogen (secondary N) is 1. The second-order valence-electron chi connectivity index (χ2n) is 4.37. The summed E-state index contributed by atoms with van der Waals surface area (Å²) in [6.07, 6.45) is 0. The third-order valence-corrected chi connectivity index (χ3v) is 4.27. The number of pyridine rings is 1. The molecule has 20 heavy (non-hydrogen) atoms. The molecule has 0 radical (unpaired) electrons. The average Bonchev–Trinajstić information content (AvgIpc) is 2.86. The van der Waals surface area contributed by atoms with Gasteiger partial charge in [-0.25, -0.2) is 4.98 Å². The number of aryl methyl sites for hydroxylation is 1. The molecule has 1 amide bonds. The highest BCUT2D eigenvalue weighted by Crippen LogP contribution is 2.26. The van der Waals surface area contributed by atoms with E-state index in [1.807, 2.05) is 37.3 Å². The Hall–Kier alpha value is -1.91. The van der Waals surface area contributed by atoms with Crippen molar-refractivity contribution in [2.75, 3.05) is 5.32 Å². The van der Waals surface area contributed by atoms with Crippen molar-refractivity contribution in [3.63, 3.8) is 0 Å². The first kappa shape index (κ1) is 13.1. The Balaban J connectivity index is 1.89. The number of halogens is 1. The molecule has 0 bridgehead atoms. The van der Waals surface area contributed by atoms with Crippen molar-refractivity contribution in [3.05, 3.63) is 58.2 Å². The summed E-state index contributed by atoms with van der Waals surface area (Å²) in [7, 11) is 0. The first-order valence-corrected chi connectivity index (χ1v) is 7.26. The summed E-state index contributed by atoms with van der Waals surface area (Å²) in [6.45, 7) is 1.81. The van der Waals surface area contributed by atoms with Gasteiger partial charge in [0.1, 0.15) is 5.15 Å². The van der Waals surface area contributed by atoms with E-state index in [0.29, 0.717) is 21.4 Å². The van der Waals surface area contributed by atoms with Gasteiger partial charge in [0.05, 0.1) is 16.3 Å². The van der Waals surface area contributed by atoms with Crippen LogP contribution in [-0.4, -0.2) is 10.9 Å². The molecule has 0 aliphatic rings. The quantitative estimate of drug-likeness (QED) is 0.708. The lowest BCUT2D eigenvalue weighted by atomic mass is 10.2. The standard InChI is InChI=1S/C15H11ClN2OS/c1-9-11(6-7-14(16)17-9)18-15(19)13-8-10-4-2-3-5-12(10)20-13/h2-8H,1H3,(H,18,19). The zero-order valence-electron chi connectivity index (χ0n) is 10.7. The minimum absolute atomic E-state index is 0.126. The second-order valence-corrected chi connectivity index (χ2v) is 5.84. The molecule has 0 unspecified atom stereocenters.